The fourth-order valence-electron chi connectivity index (χ4n) is 2.48. The second kappa shape index (κ2) is 7.70. The molecule has 0 aliphatic heterocycles. The van der Waals surface area contributed by atoms with Crippen molar-refractivity contribution in [2.24, 2.45) is 0 Å². The molecule has 0 saturated heterocycles. The number of carbonyl (C=O) groups excluding carboxylic acids is 1. The van der Waals surface area contributed by atoms with Crippen LogP contribution in [0.15, 0.2) is 42.5 Å². The maximum absolute atomic E-state index is 12.5. The van der Waals surface area contributed by atoms with Crippen LogP contribution in [0.25, 0.3) is 0 Å². The molecule has 0 unspecified atom stereocenters. The van der Waals surface area contributed by atoms with Crippen LogP contribution in [0.4, 0.5) is 5.69 Å². The summed E-state index contributed by atoms with van der Waals surface area (Å²) in [6.07, 6.45) is 2.06. The normalized spacial score (nSPS) is 12.5. The highest BCUT2D eigenvalue weighted by molar-refractivity contribution is 7.92. The zero-order valence-electron chi connectivity index (χ0n) is 15.0. The predicted molar refractivity (Wildman–Crippen MR) is 101 cm³/mol. The van der Waals surface area contributed by atoms with Gasteiger partial charge < -0.3 is 5.32 Å². The van der Waals surface area contributed by atoms with Crippen molar-refractivity contribution < 1.29 is 13.2 Å². The van der Waals surface area contributed by atoms with E-state index in [1.807, 2.05) is 19.1 Å². The maximum atomic E-state index is 12.5. The minimum Gasteiger partial charge on any atom is -0.346 e. The van der Waals surface area contributed by atoms with E-state index in [-0.39, 0.29) is 11.9 Å². The summed E-state index contributed by atoms with van der Waals surface area (Å²) in [5, 5.41) is 2.94. The van der Waals surface area contributed by atoms with Crippen molar-refractivity contribution in [1.82, 2.24) is 5.32 Å². The van der Waals surface area contributed by atoms with Crippen molar-refractivity contribution in [2.45, 2.75) is 33.2 Å². The Bertz CT molecular complexity index is 859. The highest BCUT2D eigenvalue weighted by Crippen LogP contribution is 2.19. The van der Waals surface area contributed by atoms with Crippen molar-refractivity contribution in [3.05, 3.63) is 64.7 Å². The lowest BCUT2D eigenvalue weighted by molar-refractivity contribution is 0.0940. The van der Waals surface area contributed by atoms with E-state index in [2.05, 4.69) is 29.1 Å². The van der Waals surface area contributed by atoms with Gasteiger partial charge in [0.05, 0.1) is 18.0 Å². The summed E-state index contributed by atoms with van der Waals surface area (Å²) in [6.45, 7) is 5.80. The molecule has 0 saturated carbocycles. The van der Waals surface area contributed by atoms with Crippen LogP contribution in [0, 0.1) is 6.92 Å². The second-order valence-corrected chi connectivity index (χ2v) is 7.94. The fraction of sp³-hybridized carbons (Fsp3) is 0.316. The number of carbonyl (C=O) groups is 1. The molecule has 0 bridgehead atoms. The van der Waals surface area contributed by atoms with Gasteiger partial charge >= 0.3 is 0 Å². The Kier molecular flexibility index (Phi) is 5.85. The summed E-state index contributed by atoms with van der Waals surface area (Å²) in [6, 6.07) is 12.9. The Morgan fingerprint density at radius 3 is 2.32 bits per heavy atom. The number of hydrogen-bond donors (Lipinski definition) is 2. The first kappa shape index (κ1) is 19.0. The Balaban J connectivity index is 2.15. The quantitative estimate of drug-likeness (QED) is 0.829. The Morgan fingerprint density at radius 1 is 1.12 bits per heavy atom. The lowest BCUT2D eigenvalue weighted by Gasteiger charge is -2.16. The average Bonchev–Trinajstić information content (AvgIpc) is 2.55. The van der Waals surface area contributed by atoms with Gasteiger partial charge in [0.25, 0.3) is 5.91 Å². The van der Waals surface area contributed by atoms with Crippen LogP contribution in [0.3, 0.4) is 0 Å². The largest absolute Gasteiger partial charge is 0.346 e. The zero-order valence-corrected chi connectivity index (χ0v) is 15.8. The first-order chi connectivity index (χ1) is 11.7. The van der Waals surface area contributed by atoms with Gasteiger partial charge in [-0.2, -0.15) is 0 Å². The van der Waals surface area contributed by atoms with Crippen LogP contribution in [0.1, 0.15) is 46.9 Å². The van der Waals surface area contributed by atoms with E-state index in [1.165, 1.54) is 5.56 Å². The molecule has 0 aliphatic carbocycles. The van der Waals surface area contributed by atoms with Gasteiger partial charge in [-0.3, -0.25) is 9.52 Å². The fourth-order valence-corrected chi connectivity index (χ4v) is 3.10. The first-order valence-electron chi connectivity index (χ1n) is 8.17. The Hall–Kier alpha value is -2.34. The SMILES string of the molecule is CCc1ccc([C@@H](C)NC(=O)c2ccc(C)c(NS(C)(=O)=O)c2)cc1. The van der Waals surface area contributed by atoms with E-state index in [0.29, 0.717) is 11.3 Å². The highest BCUT2D eigenvalue weighted by Gasteiger charge is 2.14. The summed E-state index contributed by atoms with van der Waals surface area (Å²) in [5.41, 5.74) is 3.85. The third-order valence-electron chi connectivity index (χ3n) is 4.03. The zero-order chi connectivity index (χ0) is 18.6. The number of sulfonamides is 1. The van der Waals surface area contributed by atoms with Gasteiger partial charge in [-0.25, -0.2) is 8.42 Å². The third-order valence-corrected chi connectivity index (χ3v) is 4.62. The van der Waals surface area contributed by atoms with Crippen LogP contribution < -0.4 is 10.0 Å². The van der Waals surface area contributed by atoms with Crippen molar-refractivity contribution in [1.29, 1.82) is 0 Å². The molecule has 2 N–H and O–H groups in total. The molecule has 1 atom stereocenters. The van der Waals surface area contributed by atoms with Crippen molar-refractivity contribution in [3.8, 4) is 0 Å². The van der Waals surface area contributed by atoms with Crippen molar-refractivity contribution in [2.75, 3.05) is 11.0 Å². The number of nitrogens with one attached hydrogen (secondary N) is 2. The first-order valence-corrected chi connectivity index (χ1v) is 10.1. The topological polar surface area (TPSA) is 75.3 Å². The summed E-state index contributed by atoms with van der Waals surface area (Å²) in [5.74, 6) is -0.247. The molecule has 0 fully saturated rings. The molecule has 2 aromatic carbocycles. The summed E-state index contributed by atoms with van der Waals surface area (Å²) in [7, 11) is -3.40. The van der Waals surface area contributed by atoms with Crippen LogP contribution in [-0.4, -0.2) is 20.6 Å². The number of hydrogen-bond acceptors (Lipinski definition) is 3. The summed E-state index contributed by atoms with van der Waals surface area (Å²) < 4.78 is 25.3. The summed E-state index contributed by atoms with van der Waals surface area (Å²) >= 11 is 0. The molecule has 134 valence electrons. The lowest BCUT2D eigenvalue weighted by atomic mass is 10.0. The molecule has 0 spiro atoms. The van der Waals surface area contributed by atoms with E-state index in [4.69, 9.17) is 0 Å². The third kappa shape index (κ3) is 5.32. The molecule has 0 aromatic heterocycles. The molecule has 5 nitrogen and oxygen atoms in total. The van der Waals surface area contributed by atoms with E-state index >= 15 is 0 Å². The molecule has 1 amide bonds. The minimum atomic E-state index is -3.40. The Labute approximate surface area is 149 Å². The van der Waals surface area contributed by atoms with Gasteiger partial charge in [0.15, 0.2) is 0 Å². The van der Waals surface area contributed by atoms with Gasteiger partial charge in [-0.05, 0) is 49.1 Å². The number of aryl methyl sites for hydroxylation is 2. The number of benzene rings is 2. The average molecular weight is 360 g/mol. The van der Waals surface area contributed by atoms with Gasteiger partial charge in [-0.15, -0.1) is 0 Å². The minimum absolute atomic E-state index is 0.147. The van der Waals surface area contributed by atoms with Gasteiger partial charge in [0.1, 0.15) is 0 Å². The molecule has 0 heterocycles. The molecule has 6 heteroatoms. The predicted octanol–water partition coefficient (Wildman–Crippen LogP) is 3.42. The molecular weight excluding hydrogens is 336 g/mol. The van der Waals surface area contributed by atoms with Crippen LogP contribution in [0.5, 0.6) is 0 Å². The smallest absolute Gasteiger partial charge is 0.251 e. The van der Waals surface area contributed by atoms with Gasteiger partial charge in [0.2, 0.25) is 10.0 Å². The van der Waals surface area contributed by atoms with Crippen molar-refractivity contribution in [3.63, 3.8) is 0 Å². The van der Waals surface area contributed by atoms with E-state index < -0.39 is 10.0 Å². The molecular formula is C19H24N2O3S. The van der Waals surface area contributed by atoms with Crippen LogP contribution in [-0.2, 0) is 16.4 Å². The standard InChI is InChI=1S/C19H24N2O3S/c1-5-15-7-10-16(11-8-15)14(3)20-19(22)17-9-6-13(2)18(12-17)21-25(4,23)24/h6-12,14,21H,5H2,1-4H3,(H,20,22)/t14-/m1/s1. The summed E-state index contributed by atoms with van der Waals surface area (Å²) in [4.78, 5) is 12.5. The van der Waals surface area contributed by atoms with E-state index in [0.717, 1.165) is 23.8 Å². The molecule has 2 rings (SSSR count). The number of amides is 1. The Morgan fingerprint density at radius 2 is 1.76 bits per heavy atom. The van der Waals surface area contributed by atoms with Crippen molar-refractivity contribution >= 4 is 21.6 Å². The molecule has 0 radical (unpaired) electrons. The molecule has 25 heavy (non-hydrogen) atoms. The molecule has 2 aromatic rings. The lowest BCUT2D eigenvalue weighted by Crippen LogP contribution is -2.26. The second-order valence-electron chi connectivity index (χ2n) is 6.19. The van der Waals surface area contributed by atoms with Gasteiger partial charge in [-0.1, -0.05) is 37.3 Å². The van der Waals surface area contributed by atoms with Crippen LogP contribution in [0.2, 0.25) is 0 Å². The number of rotatable bonds is 6. The van der Waals surface area contributed by atoms with Gasteiger partial charge in [0, 0.05) is 5.56 Å². The van der Waals surface area contributed by atoms with Crippen LogP contribution >= 0.6 is 0 Å². The highest BCUT2D eigenvalue weighted by atomic mass is 32.2. The number of anilines is 1. The monoisotopic (exact) mass is 360 g/mol. The maximum Gasteiger partial charge on any atom is 0.251 e. The van der Waals surface area contributed by atoms with E-state index in [1.54, 1.807) is 25.1 Å². The van der Waals surface area contributed by atoms with E-state index in [9.17, 15) is 13.2 Å². The molecule has 0 aliphatic rings.